The summed E-state index contributed by atoms with van der Waals surface area (Å²) in [6.45, 7) is 0.450. The Hall–Kier alpha value is -4.23. The molecule has 5 aromatic rings. The number of anilines is 1. The fraction of sp³-hybridized carbons (Fsp3) is 0.0741. The Labute approximate surface area is 198 Å². The monoisotopic (exact) mass is 466 g/mol. The first-order valence-electron chi connectivity index (χ1n) is 10.8. The van der Waals surface area contributed by atoms with Gasteiger partial charge in [0.05, 0.1) is 17.0 Å². The van der Waals surface area contributed by atoms with Crippen molar-refractivity contribution in [1.82, 2.24) is 4.98 Å². The van der Waals surface area contributed by atoms with Crippen LogP contribution in [-0.4, -0.2) is 10.9 Å². The van der Waals surface area contributed by atoms with E-state index in [2.05, 4.69) is 4.98 Å². The molecule has 0 saturated carbocycles. The summed E-state index contributed by atoms with van der Waals surface area (Å²) in [5.41, 5.74) is 2.36. The fourth-order valence-corrected chi connectivity index (χ4v) is 4.92. The molecule has 6 rings (SSSR count). The summed E-state index contributed by atoms with van der Waals surface area (Å²) in [5.74, 6) is 0.388. The quantitative estimate of drug-likeness (QED) is 0.338. The number of benzene rings is 3. The molecule has 1 aliphatic heterocycles. The van der Waals surface area contributed by atoms with Crippen molar-refractivity contribution in [3.63, 3.8) is 0 Å². The summed E-state index contributed by atoms with van der Waals surface area (Å²) < 4.78 is 11.9. The highest BCUT2D eigenvalue weighted by Crippen LogP contribution is 2.42. The Morgan fingerprint density at radius 3 is 2.47 bits per heavy atom. The topological polar surface area (TPSA) is 72.6 Å². The first-order valence-corrected chi connectivity index (χ1v) is 11.6. The van der Waals surface area contributed by atoms with Crippen molar-refractivity contribution in [2.75, 3.05) is 4.90 Å². The number of carbonyl (C=O) groups excluding carboxylic acids is 1. The molecule has 0 aliphatic carbocycles. The summed E-state index contributed by atoms with van der Waals surface area (Å²) >= 11 is 1.34. The third-order valence-corrected chi connectivity index (χ3v) is 6.62. The molecule has 2 aromatic heterocycles. The minimum atomic E-state index is -0.641. The predicted molar refractivity (Wildman–Crippen MR) is 130 cm³/mol. The van der Waals surface area contributed by atoms with Gasteiger partial charge in [0.2, 0.25) is 5.76 Å². The van der Waals surface area contributed by atoms with Gasteiger partial charge in [0.15, 0.2) is 10.6 Å². The van der Waals surface area contributed by atoms with Gasteiger partial charge in [0.1, 0.15) is 17.9 Å². The lowest BCUT2D eigenvalue weighted by Crippen LogP contribution is -2.29. The molecule has 166 valence electrons. The van der Waals surface area contributed by atoms with Gasteiger partial charge in [-0.2, -0.15) is 0 Å². The first kappa shape index (κ1) is 20.4. The summed E-state index contributed by atoms with van der Waals surface area (Å²) in [6.07, 6.45) is 1.64. The number of carbonyl (C=O) groups is 1. The minimum absolute atomic E-state index is 0.0632. The number of aromatic nitrogens is 1. The molecule has 6 nitrogen and oxygen atoms in total. The van der Waals surface area contributed by atoms with Crippen LogP contribution in [0.5, 0.6) is 5.75 Å². The smallest absolute Gasteiger partial charge is 0.297 e. The van der Waals surface area contributed by atoms with E-state index < -0.39 is 6.04 Å². The van der Waals surface area contributed by atoms with Gasteiger partial charge in [0.25, 0.3) is 5.91 Å². The van der Waals surface area contributed by atoms with Crippen LogP contribution in [0.4, 0.5) is 5.13 Å². The second kappa shape index (κ2) is 8.28. The Morgan fingerprint density at radius 1 is 0.941 bits per heavy atom. The fourth-order valence-electron chi connectivity index (χ4n) is 4.25. The molecule has 0 radical (unpaired) electrons. The second-order valence-corrected chi connectivity index (χ2v) is 8.78. The number of para-hydroxylation sites is 1. The van der Waals surface area contributed by atoms with Crippen LogP contribution < -0.4 is 15.1 Å². The van der Waals surface area contributed by atoms with Gasteiger partial charge in [-0.25, -0.2) is 4.98 Å². The zero-order valence-electron chi connectivity index (χ0n) is 17.9. The van der Waals surface area contributed by atoms with Crippen LogP contribution in [0.2, 0.25) is 0 Å². The Morgan fingerprint density at radius 2 is 1.71 bits per heavy atom. The van der Waals surface area contributed by atoms with Crippen LogP contribution in [0.25, 0.3) is 11.0 Å². The first-order chi connectivity index (χ1) is 16.7. The molecule has 7 heteroatoms. The number of amides is 1. The summed E-state index contributed by atoms with van der Waals surface area (Å²) in [7, 11) is 0. The van der Waals surface area contributed by atoms with E-state index in [0.717, 1.165) is 11.1 Å². The van der Waals surface area contributed by atoms with Crippen LogP contribution in [-0.2, 0) is 6.61 Å². The maximum absolute atomic E-state index is 13.5. The molecule has 0 bridgehead atoms. The zero-order chi connectivity index (χ0) is 23.1. The number of hydrogen-bond donors (Lipinski definition) is 0. The van der Waals surface area contributed by atoms with Crippen LogP contribution >= 0.6 is 11.3 Å². The van der Waals surface area contributed by atoms with E-state index in [1.54, 1.807) is 40.7 Å². The van der Waals surface area contributed by atoms with E-state index in [1.807, 2.05) is 54.6 Å². The van der Waals surface area contributed by atoms with Crippen LogP contribution in [0.15, 0.2) is 99.7 Å². The maximum atomic E-state index is 13.5. The van der Waals surface area contributed by atoms with Gasteiger partial charge in [-0.05, 0) is 35.4 Å². The van der Waals surface area contributed by atoms with Crippen molar-refractivity contribution < 1.29 is 13.9 Å². The molecule has 3 aromatic carbocycles. The predicted octanol–water partition coefficient (Wildman–Crippen LogP) is 5.58. The number of fused-ring (bicyclic) bond motifs is 2. The van der Waals surface area contributed by atoms with Crippen LogP contribution in [0.1, 0.15) is 33.3 Å². The molecule has 1 atom stereocenters. The molecular weight excluding hydrogens is 448 g/mol. The van der Waals surface area contributed by atoms with E-state index >= 15 is 0 Å². The highest BCUT2D eigenvalue weighted by Gasteiger charge is 2.44. The maximum Gasteiger partial charge on any atom is 0.297 e. The third kappa shape index (κ3) is 3.38. The average Bonchev–Trinajstić information content (AvgIpc) is 3.51. The highest BCUT2D eigenvalue weighted by molar-refractivity contribution is 7.13. The molecule has 0 saturated heterocycles. The number of ether oxygens (including phenoxy) is 1. The Balaban J connectivity index is 1.42. The third-order valence-electron chi connectivity index (χ3n) is 5.85. The Kier molecular flexibility index (Phi) is 4.96. The van der Waals surface area contributed by atoms with Crippen molar-refractivity contribution in [1.29, 1.82) is 0 Å². The molecule has 3 heterocycles. The standard InChI is InChI=1S/C27H18N2O4S/c30-24-20-8-4-5-9-21(20)33-25-22(24)23(29(26(25)31)27-28-14-15-34-27)18-10-12-19(13-11-18)32-16-17-6-2-1-3-7-17/h1-15,23H,16H2. The molecule has 0 spiro atoms. The molecule has 1 aliphatic rings. The van der Waals surface area contributed by atoms with Gasteiger partial charge in [-0.3, -0.25) is 14.5 Å². The van der Waals surface area contributed by atoms with Gasteiger partial charge in [-0.1, -0.05) is 54.6 Å². The normalized spacial score (nSPS) is 15.0. The Bertz CT molecular complexity index is 1540. The number of rotatable bonds is 5. The second-order valence-electron chi connectivity index (χ2n) is 7.91. The zero-order valence-corrected chi connectivity index (χ0v) is 18.7. The van der Waals surface area contributed by atoms with Crippen LogP contribution in [0, 0.1) is 0 Å². The lowest BCUT2D eigenvalue weighted by Gasteiger charge is -2.22. The largest absolute Gasteiger partial charge is 0.489 e. The van der Waals surface area contributed by atoms with Crippen molar-refractivity contribution in [2.45, 2.75) is 12.6 Å². The minimum Gasteiger partial charge on any atom is -0.489 e. The van der Waals surface area contributed by atoms with Crippen molar-refractivity contribution >= 4 is 33.3 Å². The molecule has 1 unspecified atom stereocenters. The highest BCUT2D eigenvalue weighted by atomic mass is 32.1. The van der Waals surface area contributed by atoms with Crippen molar-refractivity contribution in [2.24, 2.45) is 0 Å². The molecule has 34 heavy (non-hydrogen) atoms. The van der Waals surface area contributed by atoms with Gasteiger partial charge < -0.3 is 9.15 Å². The molecule has 0 N–H and O–H groups in total. The van der Waals surface area contributed by atoms with Crippen LogP contribution in [0.3, 0.4) is 0 Å². The molecular formula is C27H18N2O4S. The van der Waals surface area contributed by atoms with E-state index in [-0.39, 0.29) is 17.1 Å². The number of hydrogen-bond acceptors (Lipinski definition) is 6. The SMILES string of the molecule is O=C1c2oc3ccccc3c(=O)c2C(c2ccc(OCc3ccccc3)cc2)N1c1nccs1. The van der Waals surface area contributed by atoms with Crippen molar-refractivity contribution in [3.05, 3.63) is 123 Å². The number of thiazole rings is 1. The lowest BCUT2D eigenvalue weighted by atomic mass is 9.98. The summed E-state index contributed by atoms with van der Waals surface area (Å²) in [4.78, 5) is 32.8. The number of nitrogens with zero attached hydrogens (tertiary/aromatic N) is 2. The summed E-state index contributed by atoms with van der Waals surface area (Å²) in [5, 5.41) is 2.76. The van der Waals surface area contributed by atoms with E-state index in [4.69, 9.17) is 9.15 Å². The van der Waals surface area contributed by atoms with E-state index in [9.17, 15) is 9.59 Å². The van der Waals surface area contributed by atoms with Crippen molar-refractivity contribution in [3.8, 4) is 5.75 Å². The average molecular weight is 467 g/mol. The molecule has 0 fully saturated rings. The van der Waals surface area contributed by atoms with E-state index in [0.29, 0.717) is 34.0 Å². The van der Waals surface area contributed by atoms with Gasteiger partial charge >= 0.3 is 0 Å². The molecule has 1 amide bonds. The van der Waals surface area contributed by atoms with Gasteiger partial charge in [0, 0.05) is 11.6 Å². The lowest BCUT2D eigenvalue weighted by molar-refractivity contribution is 0.0971. The van der Waals surface area contributed by atoms with Gasteiger partial charge in [-0.15, -0.1) is 11.3 Å². The summed E-state index contributed by atoms with van der Waals surface area (Å²) in [6, 6.07) is 23.7. The van der Waals surface area contributed by atoms with E-state index in [1.165, 1.54) is 11.3 Å².